The summed E-state index contributed by atoms with van der Waals surface area (Å²) in [5.41, 5.74) is 3.75. The van der Waals surface area contributed by atoms with E-state index in [-0.39, 0.29) is 16.6 Å². The molecule has 2 N–H and O–H groups in total. The Bertz CT molecular complexity index is 1260. The SMILES string of the molecule is Cc1cccc(NS(=O)(=O)c2ccc(C)c(C(=O)N3CCC(c4ccc(O)cc4)CC3)c2)c1. The molecular formula is C26H28N2O4S. The second-order valence-corrected chi connectivity index (χ2v) is 10.3. The lowest BCUT2D eigenvalue weighted by molar-refractivity contribution is 0.0712. The van der Waals surface area contributed by atoms with Crippen molar-refractivity contribution in [2.24, 2.45) is 0 Å². The highest BCUT2D eigenvalue weighted by atomic mass is 32.2. The molecule has 0 radical (unpaired) electrons. The molecule has 1 saturated heterocycles. The number of phenols is 1. The Balaban J connectivity index is 1.49. The molecule has 1 aliphatic heterocycles. The molecule has 1 aliphatic rings. The van der Waals surface area contributed by atoms with E-state index in [0.29, 0.717) is 30.3 Å². The van der Waals surface area contributed by atoms with E-state index in [0.717, 1.165) is 29.5 Å². The van der Waals surface area contributed by atoms with E-state index >= 15 is 0 Å². The standard InChI is InChI=1S/C26H28N2O4S/c1-18-4-3-5-22(16-18)27-33(31,32)24-11-6-19(2)25(17-24)26(30)28-14-12-21(13-15-28)20-7-9-23(29)10-8-20/h3-11,16-17,21,27,29H,12-15H2,1-2H3. The summed E-state index contributed by atoms with van der Waals surface area (Å²) >= 11 is 0. The fourth-order valence-electron chi connectivity index (χ4n) is 4.25. The van der Waals surface area contributed by atoms with Crippen molar-refractivity contribution in [3.8, 4) is 5.75 Å². The number of carbonyl (C=O) groups is 1. The number of benzene rings is 3. The largest absolute Gasteiger partial charge is 0.508 e. The van der Waals surface area contributed by atoms with E-state index in [2.05, 4.69) is 4.72 Å². The summed E-state index contributed by atoms with van der Waals surface area (Å²) in [7, 11) is -3.82. The molecule has 0 bridgehead atoms. The number of piperidine rings is 1. The van der Waals surface area contributed by atoms with Crippen LogP contribution in [0.15, 0.2) is 71.6 Å². The lowest BCUT2D eigenvalue weighted by atomic mass is 9.89. The average Bonchev–Trinajstić information content (AvgIpc) is 2.79. The van der Waals surface area contributed by atoms with Crippen LogP contribution in [0, 0.1) is 13.8 Å². The quantitative estimate of drug-likeness (QED) is 0.566. The number of sulfonamides is 1. The molecule has 0 aliphatic carbocycles. The summed E-state index contributed by atoms with van der Waals surface area (Å²) in [5.74, 6) is 0.429. The van der Waals surface area contributed by atoms with Gasteiger partial charge in [0.05, 0.1) is 4.90 Å². The Hall–Kier alpha value is -3.32. The maximum absolute atomic E-state index is 13.3. The molecule has 0 aromatic heterocycles. The minimum Gasteiger partial charge on any atom is -0.508 e. The zero-order valence-corrected chi connectivity index (χ0v) is 19.6. The van der Waals surface area contributed by atoms with Crippen LogP contribution >= 0.6 is 0 Å². The second-order valence-electron chi connectivity index (χ2n) is 8.61. The van der Waals surface area contributed by atoms with Gasteiger partial charge in [0, 0.05) is 24.3 Å². The highest BCUT2D eigenvalue weighted by molar-refractivity contribution is 7.92. The van der Waals surface area contributed by atoms with Crippen molar-refractivity contribution in [1.82, 2.24) is 4.90 Å². The number of carbonyl (C=O) groups excluding carboxylic acids is 1. The Kier molecular flexibility index (Phi) is 6.42. The topological polar surface area (TPSA) is 86.7 Å². The maximum Gasteiger partial charge on any atom is 0.261 e. The second kappa shape index (κ2) is 9.27. The van der Waals surface area contributed by atoms with Crippen molar-refractivity contribution in [1.29, 1.82) is 0 Å². The Labute approximate surface area is 194 Å². The molecule has 0 unspecified atom stereocenters. The molecule has 1 amide bonds. The molecule has 33 heavy (non-hydrogen) atoms. The number of anilines is 1. The fourth-order valence-corrected chi connectivity index (χ4v) is 5.33. The van der Waals surface area contributed by atoms with Gasteiger partial charge in [-0.15, -0.1) is 0 Å². The van der Waals surface area contributed by atoms with E-state index in [4.69, 9.17) is 0 Å². The minimum absolute atomic E-state index is 0.0666. The van der Waals surface area contributed by atoms with Gasteiger partial charge in [-0.05, 0) is 85.7 Å². The third kappa shape index (κ3) is 5.20. The lowest BCUT2D eigenvalue weighted by Crippen LogP contribution is -2.38. The van der Waals surface area contributed by atoms with E-state index in [9.17, 15) is 18.3 Å². The number of nitrogens with zero attached hydrogens (tertiary/aromatic N) is 1. The summed E-state index contributed by atoms with van der Waals surface area (Å²) in [6.07, 6.45) is 1.64. The highest BCUT2D eigenvalue weighted by Crippen LogP contribution is 2.30. The van der Waals surface area contributed by atoms with Crippen molar-refractivity contribution in [3.63, 3.8) is 0 Å². The van der Waals surface area contributed by atoms with Crippen LogP contribution in [0.2, 0.25) is 0 Å². The third-order valence-corrected chi connectivity index (χ3v) is 7.55. The number of likely N-dealkylation sites (tertiary alicyclic amines) is 1. The number of nitrogens with one attached hydrogen (secondary N) is 1. The smallest absolute Gasteiger partial charge is 0.261 e. The van der Waals surface area contributed by atoms with Crippen LogP contribution in [0.25, 0.3) is 0 Å². The Morgan fingerprint density at radius 1 is 0.970 bits per heavy atom. The molecule has 0 saturated carbocycles. The van der Waals surface area contributed by atoms with Crippen molar-refractivity contribution in [2.45, 2.75) is 37.5 Å². The Morgan fingerprint density at radius 3 is 2.33 bits per heavy atom. The molecule has 0 atom stereocenters. The molecule has 7 heteroatoms. The van der Waals surface area contributed by atoms with Gasteiger partial charge in [0.15, 0.2) is 0 Å². The van der Waals surface area contributed by atoms with Crippen LogP contribution in [0.1, 0.15) is 45.8 Å². The van der Waals surface area contributed by atoms with E-state index in [1.54, 1.807) is 41.3 Å². The number of phenolic OH excluding ortho intramolecular Hbond substituents is 1. The first-order chi connectivity index (χ1) is 15.7. The molecular weight excluding hydrogens is 436 g/mol. The number of amides is 1. The van der Waals surface area contributed by atoms with Crippen molar-refractivity contribution in [2.75, 3.05) is 17.8 Å². The van der Waals surface area contributed by atoms with Crippen LogP contribution in [0.4, 0.5) is 5.69 Å². The van der Waals surface area contributed by atoms with Gasteiger partial charge in [0.1, 0.15) is 5.75 Å². The first kappa shape index (κ1) is 22.9. The molecule has 6 nitrogen and oxygen atoms in total. The first-order valence-corrected chi connectivity index (χ1v) is 12.5. The molecule has 0 spiro atoms. The van der Waals surface area contributed by atoms with Crippen LogP contribution in [-0.4, -0.2) is 37.4 Å². The number of aryl methyl sites for hydroxylation is 2. The molecule has 4 rings (SSSR count). The highest BCUT2D eigenvalue weighted by Gasteiger charge is 2.26. The minimum atomic E-state index is -3.82. The first-order valence-electron chi connectivity index (χ1n) is 11.0. The lowest BCUT2D eigenvalue weighted by Gasteiger charge is -2.32. The van der Waals surface area contributed by atoms with Gasteiger partial charge >= 0.3 is 0 Å². The summed E-state index contributed by atoms with van der Waals surface area (Å²) in [4.78, 5) is 15.1. The van der Waals surface area contributed by atoms with E-state index < -0.39 is 10.0 Å². The number of aromatic hydroxyl groups is 1. The zero-order valence-electron chi connectivity index (χ0n) is 18.8. The maximum atomic E-state index is 13.3. The summed E-state index contributed by atoms with van der Waals surface area (Å²) < 4.78 is 28.5. The van der Waals surface area contributed by atoms with Gasteiger partial charge in [-0.25, -0.2) is 8.42 Å². The molecule has 3 aromatic rings. The zero-order chi connectivity index (χ0) is 23.6. The molecule has 1 fully saturated rings. The average molecular weight is 465 g/mol. The van der Waals surface area contributed by atoms with Gasteiger partial charge in [-0.1, -0.05) is 30.3 Å². The fraction of sp³-hybridized carbons (Fsp3) is 0.269. The Morgan fingerprint density at radius 2 is 1.67 bits per heavy atom. The number of rotatable bonds is 5. The van der Waals surface area contributed by atoms with Crippen molar-refractivity contribution in [3.05, 3.63) is 89.0 Å². The van der Waals surface area contributed by atoms with Gasteiger partial charge in [0.25, 0.3) is 15.9 Å². The van der Waals surface area contributed by atoms with Crippen LogP contribution in [0.3, 0.4) is 0 Å². The van der Waals surface area contributed by atoms with Gasteiger partial charge in [-0.3, -0.25) is 9.52 Å². The van der Waals surface area contributed by atoms with Crippen LogP contribution in [0.5, 0.6) is 5.75 Å². The summed E-state index contributed by atoms with van der Waals surface area (Å²) in [6, 6.07) is 19.1. The van der Waals surface area contributed by atoms with Gasteiger partial charge < -0.3 is 10.0 Å². The van der Waals surface area contributed by atoms with E-state index in [1.807, 2.05) is 32.0 Å². The van der Waals surface area contributed by atoms with Crippen molar-refractivity contribution >= 4 is 21.6 Å². The summed E-state index contributed by atoms with van der Waals surface area (Å²) in [5, 5.41) is 9.50. The van der Waals surface area contributed by atoms with Gasteiger partial charge in [-0.2, -0.15) is 0 Å². The number of hydrogen-bond donors (Lipinski definition) is 2. The van der Waals surface area contributed by atoms with E-state index in [1.165, 1.54) is 12.1 Å². The predicted molar refractivity (Wildman–Crippen MR) is 129 cm³/mol. The predicted octanol–water partition coefficient (Wildman–Crippen LogP) is 4.83. The van der Waals surface area contributed by atoms with Crippen LogP contribution in [-0.2, 0) is 10.0 Å². The monoisotopic (exact) mass is 464 g/mol. The normalized spacial score (nSPS) is 14.8. The molecule has 1 heterocycles. The third-order valence-electron chi connectivity index (χ3n) is 6.17. The number of hydrogen-bond acceptors (Lipinski definition) is 4. The molecule has 3 aromatic carbocycles. The summed E-state index contributed by atoms with van der Waals surface area (Å²) in [6.45, 7) is 4.91. The van der Waals surface area contributed by atoms with Crippen molar-refractivity contribution < 1.29 is 18.3 Å². The van der Waals surface area contributed by atoms with Gasteiger partial charge in [0.2, 0.25) is 0 Å². The van der Waals surface area contributed by atoms with Crippen LogP contribution < -0.4 is 4.72 Å². The molecule has 172 valence electrons.